The molecule has 1 aliphatic rings. The topological polar surface area (TPSA) is 60.2 Å². The van der Waals surface area contributed by atoms with Crippen LogP contribution in [0.1, 0.15) is 17.9 Å². The molecule has 1 saturated heterocycles. The van der Waals surface area contributed by atoms with E-state index < -0.39 is 9.84 Å². The van der Waals surface area contributed by atoms with Gasteiger partial charge in [0.15, 0.2) is 9.84 Å². The second-order valence-corrected chi connectivity index (χ2v) is 6.89. The molecule has 0 bridgehead atoms. The number of benzene rings is 1. The molecule has 1 fully saturated rings. The highest BCUT2D eigenvalue weighted by molar-refractivity contribution is 7.91. The van der Waals surface area contributed by atoms with Crippen molar-refractivity contribution in [1.82, 2.24) is 0 Å². The first kappa shape index (κ1) is 11.9. The van der Waals surface area contributed by atoms with E-state index in [1.165, 1.54) is 0 Å². The molecule has 0 aromatic heterocycles. The maximum Gasteiger partial charge on any atom is 0.151 e. The monoisotopic (exact) mass is 259 g/mol. The van der Waals surface area contributed by atoms with Gasteiger partial charge < -0.3 is 5.73 Å². The summed E-state index contributed by atoms with van der Waals surface area (Å²) in [5.74, 6) is 0.206. The van der Waals surface area contributed by atoms with Crippen molar-refractivity contribution in [2.24, 2.45) is 5.73 Å². The molecule has 0 amide bonds. The molecule has 1 aliphatic heterocycles. The highest BCUT2D eigenvalue weighted by Crippen LogP contribution is 2.28. The SMILES string of the molecule is NC1CCS(=O)(=O)CC1c1cccc(Cl)c1. The largest absolute Gasteiger partial charge is 0.327 e. The van der Waals surface area contributed by atoms with Gasteiger partial charge >= 0.3 is 0 Å². The molecule has 1 heterocycles. The van der Waals surface area contributed by atoms with Gasteiger partial charge in [-0.05, 0) is 24.1 Å². The fourth-order valence-corrected chi connectivity index (χ4v) is 4.06. The predicted octanol–water partition coefficient (Wildman–Crippen LogP) is 1.57. The van der Waals surface area contributed by atoms with Gasteiger partial charge in [-0.1, -0.05) is 23.7 Å². The summed E-state index contributed by atoms with van der Waals surface area (Å²) in [5, 5.41) is 0.618. The van der Waals surface area contributed by atoms with Gasteiger partial charge in [0.05, 0.1) is 11.5 Å². The van der Waals surface area contributed by atoms with Crippen molar-refractivity contribution < 1.29 is 8.42 Å². The third-order valence-electron chi connectivity index (χ3n) is 2.99. The Morgan fingerprint density at radius 2 is 2.12 bits per heavy atom. The molecule has 3 nitrogen and oxygen atoms in total. The van der Waals surface area contributed by atoms with Crippen LogP contribution in [0, 0.1) is 0 Å². The lowest BCUT2D eigenvalue weighted by atomic mass is 9.92. The van der Waals surface area contributed by atoms with Crippen molar-refractivity contribution in [3.05, 3.63) is 34.9 Å². The molecule has 1 aromatic carbocycles. The Bertz CT molecular complexity index is 487. The van der Waals surface area contributed by atoms with Gasteiger partial charge in [0.1, 0.15) is 0 Å². The smallest absolute Gasteiger partial charge is 0.151 e. The number of nitrogens with two attached hydrogens (primary N) is 1. The van der Waals surface area contributed by atoms with E-state index >= 15 is 0 Å². The van der Waals surface area contributed by atoms with Crippen molar-refractivity contribution in [2.75, 3.05) is 11.5 Å². The van der Waals surface area contributed by atoms with Gasteiger partial charge in [0.2, 0.25) is 0 Å². The first-order valence-electron chi connectivity index (χ1n) is 5.19. The highest BCUT2D eigenvalue weighted by atomic mass is 35.5. The van der Waals surface area contributed by atoms with E-state index in [1.54, 1.807) is 12.1 Å². The molecular formula is C11H14ClNO2S. The molecule has 2 N–H and O–H groups in total. The molecule has 2 unspecified atom stereocenters. The molecule has 0 radical (unpaired) electrons. The zero-order valence-corrected chi connectivity index (χ0v) is 10.3. The summed E-state index contributed by atoms with van der Waals surface area (Å²) in [6.07, 6.45) is 0.527. The van der Waals surface area contributed by atoms with E-state index in [9.17, 15) is 8.42 Å². The van der Waals surface area contributed by atoms with Crippen LogP contribution in [0.5, 0.6) is 0 Å². The van der Waals surface area contributed by atoms with Crippen molar-refractivity contribution in [1.29, 1.82) is 0 Å². The van der Waals surface area contributed by atoms with E-state index in [4.69, 9.17) is 17.3 Å². The summed E-state index contributed by atoms with van der Waals surface area (Å²) < 4.78 is 23.2. The third kappa shape index (κ3) is 2.56. The lowest BCUT2D eigenvalue weighted by Crippen LogP contribution is -2.40. The summed E-state index contributed by atoms with van der Waals surface area (Å²) in [6.45, 7) is 0. The van der Waals surface area contributed by atoms with Crippen LogP contribution in [0.3, 0.4) is 0 Å². The van der Waals surface area contributed by atoms with Crippen molar-refractivity contribution in [2.45, 2.75) is 18.4 Å². The van der Waals surface area contributed by atoms with Crippen molar-refractivity contribution >= 4 is 21.4 Å². The molecule has 88 valence electrons. The quantitative estimate of drug-likeness (QED) is 0.833. The Balaban J connectivity index is 2.32. The molecule has 16 heavy (non-hydrogen) atoms. The van der Waals surface area contributed by atoms with E-state index in [-0.39, 0.29) is 23.5 Å². The molecule has 0 saturated carbocycles. The van der Waals surface area contributed by atoms with E-state index in [2.05, 4.69) is 0 Å². The Labute approximate surface area is 101 Å². The van der Waals surface area contributed by atoms with Gasteiger partial charge in [0.25, 0.3) is 0 Å². The summed E-state index contributed by atoms with van der Waals surface area (Å²) >= 11 is 5.89. The Hall–Kier alpha value is -0.580. The molecule has 0 spiro atoms. The number of halogens is 1. The zero-order chi connectivity index (χ0) is 11.8. The molecule has 0 aliphatic carbocycles. The maximum atomic E-state index is 11.6. The molecule has 2 rings (SSSR count). The predicted molar refractivity (Wildman–Crippen MR) is 65.4 cm³/mol. The lowest BCUT2D eigenvalue weighted by Gasteiger charge is -2.28. The summed E-state index contributed by atoms with van der Waals surface area (Å²) in [4.78, 5) is 0. The second-order valence-electron chi connectivity index (χ2n) is 4.23. The number of rotatable bonds is 1. The van der Waals surface area contributed by atoms with Gasteiger partial charge in [-0.15, -0.1) is 0 Å². The fourth-order valence-electron chi connectivity index (χ4n) is 2.08. The molecule has 5 heteroatoms. The first-order valence-corrected chi connectivity index (χ1v) is 7.39. The average Bonchev–Trinajstić information content (AvgIpc) is 2.22. The maximum absolute atomic E-state index is 11.6. The minimum Gasteiger partial charge on any atom is -0.327 e. The average molecular weight is 260 g/mol. The summed E-state index contributed by atoms with van der Waals surface area (Å²) in [7, 11) is -2.95. The zero-order valence-electron chi connectivity index (χ0n) is 8.77. The fraction of sp³-hybridized carbons (Fsp3) is 0.455. The van der Waals surface area contributed by atoms with Crippen molar-refractivity contribution in [3.63, 3.8) is 0 Å². The van der Waals surface area contributed by atoms with E-state index in [1.807, 2.05) is 12.1 Å². The van der Waals surface area contributed by atoms with Gasteiger partial charge in [-0.3, -0.25) is 0 Å². The van der Waals surface area contributed by atoms with Gasteiger partial charge in [0, 0.05) is 17.0 Å². The van der Waals surface area contributed by atoms with Crippen molar-refractivity contribution in [3.8, 4) is 0 Å². The third-order valence-corrected chi connectivity index (χ3v) is 4.95. The summed E-state index contributed by atoms with van der Waals surface area (Å²) in [6, 6.07) is 7.19. The number of hydrogen-bond acceptors (Lipinski definition) is 3. The van der Waals surface area contributed by atoms with Crippen LogP contribution in [0.2, 0.25) is 5.02 Å². The van der Waals surface area contributed by atoms with Gasteiger partial charge in [-0.2, -0.15) is 0 Å². The van der Waals surface area contributed by atoms with Crippen LogP contribution >= 0.6 is 11.6 Å². The van der Waals surface area contributed by atoms with E-state index in [0.29, 0.717) is 11.4 Å². The molecule has 2 atom stereocenters. The minimum absolute atomic E-state index is 0.0954. The van der Waals surface area contributed by atoms with Crippen LogP contribution < -0.4 is 5.73 Å². The Kier molecular flexibility index (Phi) is 3.24. The normalized spacial score (nSPS) is 28.9. The number of sulfone groups is 1. The Morgan fingerprint density at radius 3 is 2.81 bits per heavy atom. The Morgan fingerprint density at radius 1 is 1.38 bits per heavy atom. The van der Waals surface area contributed by atoms with Crippen LogP contribution in [-0.4, -0.2) is 26.0 Å². The molecule has 1 aromatic rings. The second kappa shape index (κ2) is 4.35. The molecular weight excluding hydrogens is 246 g/mol. The van der Waals surface area contributed by atoms with Crippen LogP contribution in [0.25, 0.3) is 0 Å². The highest BCUT2D eigenvalue weighted by Gasteiger charge is 2.31. The van der Waals surface area contributed by atoms with Crippen LogP contribution in [0.15, 0.2) is 24.3 Å². The van der Waals surface area contributed by atoms with Crippen LogP contribution in [-0.2, 0) is 9.84 Å². The summed E-state index contributed by atoms with van der Waals surface area (Å²) in [5.41, 5.74) is 6.89. The minimum atomic E-state index is -2.95. The first-order chi connectivity index (χ1) is 7.48. The standard InChI is InChI=1S/C11H14ClNO2S/c12-9-3-1-2-8(6-9)10-7-16(14,15)5-4-11(10)13/h1-3,6,10-11H,4-5,7,13H2. The van der Waals surface area contributed by atoms with E-state index in [0.717, 1.165) is 5.56 Å². The number of hydrogen-bond donors (Lipinski definition) is 1. The lowest BCUT2D eigenvalue weighted by molar-refractivity contribution is 0.504. The van der Waals surface area contributed by atoms with Crippen LogP contribution in [0.4, 0.5) is 0 Å². The van der Waals surface area contributed by atoms with Gasteiger partial charge in [-0.25, -0.2) is 8.42 Å².